The molecule has 0 saturated carbocycles. The van der Waals surface area contributed by atoms with Gasteiger partial charge in [0.15, 0.2) is 0 Å². The van der Waals surface area contributed by atoms with Crippen molar-refractivity contribution in [2.45, 2.75) is 59.3 Å². The van der Waals surface area contributed by atoms with Gasteiger partial charge in [-0.2, -0.15) is 0 Å². The first-order valence-electron chi connectivity index (χ1n) is 8.37. The van der Waals surface area contributed by atoms with Gasteiger partial charge in [-0.05, 0) is 19.3 Å². The van der Waals surface area contributed by atoms with Gasteiger partial charge in [0, 0.05) is 19.3 Å². The molecule has 0 heterocycles. The molecular weight excluding hydrogens is 371 g/mol. The van der Waals surface area contributed by atoms with Crippen LogP contribution in [0.4, 0.5) is 0 Å². The molecule has 0 aromatic heterocycles. The molecule has 0 bridgehead atoms. The van der Waals surface area contributed by atoms with Gasteiger partial charge in [-0.15, -0.1) is 0 Å². The highest BCUT2D eigenvalue weighted by atomic mass is 31.2. The fourth-order valence-corrected chi connectivity index (χ4v) is 2.18. The van der Waals surface area contributed by atoms with Gasteiger partial charge in [-0.3, -0.25) is 14.4 Å². The fourth-order valence-electron chi connectivity index (χ4n) is 1.41. The topological polar surface area (TPSA) is 124 Å². The van der Waals surface area contributed by atoms with Crippen molar-refractivity contribution in [1.82, 2.24) is 0 Å². The normalized spacial score (nSPS) is 11.0. The van der Waals surface area contributed by atoms with Gasteiger partial charge >= 0.3 is 25.7 Å². The summed E-state index contributed by atoms with van der Waals surface area (Å²) in [6, 6.07) is 0. The summed E-state index contributed by atoms with van der Waals surface area (Å²) >= 11 is 0. The van der Waals surface area contributed by atoms with Gasteiger partial charge in [0.25, 0.3) is 0 Å². The minimum Gasteiger partial charge on any atom is -0.438 e. The molecule has 0 saturated heterocycles. The average Bonchev–Trinajstić information content (AvgIpc) is 2.55. The Morgan fingerprint density at radius 1 is 0.615 bits per heavy atom. The Labute approximate surface area is 153 Å². The maximum absolute atomic E-state index is 12.4. The molecule has 0 aliphatic carbocycles. The molecule has 10 nitrogen and oxygen atoms in total. The van der Waals surface area contributed by atoms with Gasteiger partial charge in [-0.25, -0.2) is 18.1 Å². The lowest BCUT2D eigenvalue weighted by Crippen LogP contribution is -2.14. The summed E-state index contributed by atoms with van der Waals surface area (Å²) < 4.78 is 40.9. The maximum atomic E-state index is 12.4. The minimum absolute atomic E-state index is 0.165. The van der Waals surface area contributed by atoms with E-state index in [9.17, 15) is 18.9 Å². The van der Waals surface area contributed by atoms with Crippen LogP contribution in [0, 0.1) is 0 Å². The number of phosphoric acid groups is 1. The van der Waals surface area contributed by atoms with E-state index in [1.807, 2.05) is 0 Å². The van der Waals surface area contributed by atoms with Crippen molar-refractivity contribution in [3.63, 3.8) is 0 Å². The van der Waals surface area contributed by atoms with Crippen LogP contribution in [0.25, 0.3) is 0 Å². The third-order valence-electron chi connectivity index (χ3n) is 2.65. The SMILES string of the molecule is CCCC(=O)OCOP(=O)(OCOC(=O)CCC)OCOC(=O)CCC. The van der Waals surface area contributed by atoms with Crippen LogP contribution < -0.4 is 0 Å². The minimum atomic E-state index is -4.28. The molecule has 0 unspecified atom stereocenters. The molecule has 0 fully saturated rings. The van der Waals surface area contributed by atoms with E-state index in [2.05, 4.69) is 0 Å². The summed E-state index contributed by atoms with van der Waals surface area (Å²) in [5.41, 5.74) is 0. The first-order valence-corrected chi connectivity index (χ1v) is 9.83. The third-order valence-corrected chi connectivity index (χ3v) is 3.92. The molecule has 0 aromatic carbocycles. The largest absolute Gasteiger partial charge is 0.483 e. The molecule has 0 radical (unpaired) electrons. The van der Waals surface area contributed by atoms with Gasteiger partial charge in [0.1, 0.15) is 0 Å². The van der Waals surface area contributed by atoms with Crippen LogP contribution in [0.15, 0.2) is 0 Å². The van der Waals surface area contributed by atoms with Crippen LogP contribution in [-0.4, -0.2) is 38.3 Å². The highest BCUT2D eigenvalue weighted by Gasteiger charge is 2.29. The fraction of sp³-hybridized carbons (Fsp3) is 0.800. The van der Waals surface area contributed by atoms with Crippen molar-refractivity contribution >= 4 is 25.7 Å². The molecule has 0 amide bonds. The van der Waals surface area contributed by atoms with Crippen LogP contribution in [0.3, 0.4) is 0 Å². The van der Waals surface area contributed by atoms with Crippen molar-refractivity contribution in [1.29, 1.82) is 0 Å². The second kappa shape index (κ2) is 14.7. The summed E-state index contributed by atoms with van der Waals surface area (Å²) in [6.45, 7) is 3.28. The monoisotopic (exact) mass is 398 g/mol. The Morgan fingerprint density at radius 3 is 1.12 bits per heavy atom. The summed E-state index contributed by atoms with van der Waals surface area (Å²) in [5.74, 6) is -1.66. The van der Waals surface area contributed by atoms with Crippen molar-refractivity contribution in [3.05, 3.63) is 0 Å². The predicted molar refractivity (Wildman–Crippen MR) is 88.5 cm³/mol. The van der Waals surface area contributed by atoms with Crippen LogP contribution in [0.1, 0.15) is 59.3 Å². The van der Waals surface area contributed by atoms with Crippen molar-refractivity contribution in [2.75, 3.05) is 20.4 Å². The summed E-state index contributed by atoms with van der Waals surface area (Å²) in [5, 5.41) is 0. The average molecular weight is 398 g/mol. The van der Waals surface area contributed by atoms with E-state index in [1.54, 1.807) is 20.8 Å². The van der Waals surface area contributed by atoms with E-state index in [0.717, 1.165) is 0 Å². The zero-order valence-electron chi connectivity index (χ0n) is 15.4. The maximum Gasteiger partial charge on any atom is 0.483 e. The number of esters is 3. The van der Waals surface area contributed by atoms with Crippen LogP contribution in [0.2, 0.25) is 0 Å². The standard InChI is InChI=1S/C15H27O10P/c1-4-7-13(16)20-10-23-26(19,24-11-21-14(17)8-5-2)25-12-22-15(18)9-6-3/h4-12H2,1-3H3. The Hall–Kier alpha value is -1.48. The zero-order valence-corrected chi connectivity index (χ0v) is 16.3. The lowest BCUT2D eigenvalue weighted by Gasteiger charge is -2.17. The molecule has 0 aliphatic heterocycles. The molecule has 0 N–H and O–H groups in total. The highest BCUT2D eigenvalue weighted by Crippen LogP contribution is 2.49. The van der Waals surface area contributed by atoms with E-state index in [-0.39, 0.29) is 19.3 Å². The van der Waals surface area contributed by atoms with Gasteiger partial charge in [-0.1, -0.05) is 20.8 Å². The molecule has 152 valence electrons. The molecule has 11 heteroatoms. The Morgan fingerprint density at radius 2 is 0.885 bits per heavy atom. The second-order valence-corrected chi connectivity index (χ2v) is 6.66. The lowest BCUT2D eigenvalue weighted by atomic mass is 10.3. The number of hydrogen-bond donors (Lipinski definition) is 0. The summed E-state index contributed by atoms with van der Waals surface area (Å²) in [6.07, 6.45) is 2.22. The molecule has 0 aromatic rings. The van der Waals surface area contributed by atoms with Crippen LogP contribution in [0.5, 0.6) is 0 Å². The van der Waals surface area contributed by atoms with Crippen molar-refractivity contribution in [2.24, 2.45) is 0 Å². The number of carbonyl (C=O) groups is 3. The predicted octanol–water partition coefficient (Wildman–Crippen LogP) is 3.05. The number of ether oxygens (including phenoxy) is 3. The molecular formula is C15H27O10P. The van der Waals surface area contributed by atoms with Gasteiger partial charge < -0.3 is 14.2 Å². The summed E-state index contributed by atoms with van der Waals surface area (Å²) in [7, 11) is -4.28. The molecule has 0 aliphatic rings. The second-order valence-electron chi connectivity index (χ2n) is 4.99. The van der Waals surface area contributed by atoms with Gasteiger partial charge in [0.2, 0.25) is 20.4 Å². The van der Waals surface area contributed by atoms with E-state index < -0.39 is 46.1 Å². The number of phosphoric ester groups is 1. The first-order chi connectivity index (χ1) is 12.4. The van der Waals surface area contributed by atoms with Crippen LogP contribution >= 0.6 is 7.82 Å². The Balaban J connectivity index is 4.48. The van der Waals surface area contributed by atoms with Gasteiger partial charge in [0.05, 0.1) is 0 Å². The lowest BCUT2D eigenvalue weighted by molar-refractivity contribution is -0.156. The molecule has 0 atom stereocenters. The van der Waals surface area contributed by atoms with E-state index in [1.165, 1.54) is 0 Å². The first kappa shape index (κ1) is 24.5. The number of carbonyl (C=O) groups excluding carboxylic acids is 3. The summed E-state index contributed by atoms with van der Waals surface area (Å²) in [4.78, 5) is 33.8. The number of rotatable bonds is 15. The quantitative estimate of drug-likeness (QED) is 0.176. The van der Waals surface area contributed by atoms with Crippen molar-refractivity contribution in [3.8, 4) is 0 Å². The highest BCUT2D eigenvalue weighted by molar-refractivity contribution is 7.48. The zero-order chi connectivity index (χ0) is 19.8. The molecule has 26 heavy (non-hydrogen) atoms. The van der Waals surface area contributed by atoms with E-state index in [4.69, 9.17) is 27.8 Å². The molecule has 0 spiro atoms. The Bertz CT molecular complexity index is 412. The third kappa shape index (κ3) is 12.8. The van der Waals surface area contributed by atoms with Crippen LogP contribution in [-0.2, 0) is 46.7 Å². The van der Waals surface area contributed by atoms with Crippen molar-refractivity contribution < 1.29 is 46.7 Å². The number of hydrogen-bond acceptors (Lipinski definition) is 10. The molecule has 0 rings (SSSR count). The smallest absolute Gasteiger partial charge is 0.438 e. The Kier molecular flexibility index (Phi) is 13.8. The van der Waals surface area contributed by atoms with E-state index in [0.29, 0.717) is 19.3 Å². The van der Waals surface area contributed by atoms with E-state index >= 15 is 0 Å².